The van der Waals surface area contributed by atoms with Crippen LogP contribution in [0.25, 0.3) is 0 Å². The van der Waals surface area contributed by atoms with E-state index in [1.54, 1.807) is 0 Å². The molecule has 0 N–H and O–H groups in total. The van der Waals surface area contributed by atoms with Crippen molar-refractivity contribution in [2.24, 2.45) is 5.41 Å². The van der Waals surface area contributed by atoms with Gasteiger partial charge in [0.2, 0.25) is 0 Å². The van der Waals surface area contributed by atoms with Crippen molar-refractivity contribution >= 4 is 0 Å². The van der Waals surface area contributed by atoms with Gasteiger partial charge in [-0.05, 0) is 18.3 Å². The summed E-state index contributed by atoms with van der Waals surface area (Å²) in [5.74, 6) is 0. The average molecular weight is 239 g/mol. The van der Waals surface area contributed by atoms with Crippen LogP contribution in [0.4, 0.5) is 0 Å². The minimum Gasteiger partial charge on any atom is -0.0654 e. The van der Waals surface area contributed by atoms with Crippen molar-refractivity contribution in [3.8, 4) is 0 Å². The Balaban J connectivity index is 3.37. The van der Waals surface area contributed by atoms with Crippen molar-refractivity contribution < 1.29 is 0 Å². The summed E-state index contributed by atoms with van der Waals surface area (Å²) in [4.78, 5) is 0. The van der Waals surface area contributed by atoms with E-state index >= 15 is 0 Å². The molecule has 0 bridgehead atoms. The van der Waals surface area contributed by atoms with E-state index in [-0.39, 0.29) is 0 Å². The minimum atomic E-state index is 0.575. The molecule has 0 saturated heterocycles. The standard InChI is InChI=1S/C17H35/c1-5-7-9-11-12-14-16-17(3,4)15-13-10-8-6-2/h2,5-16H2,1,3-4H3. The van der Waals surface area contributed by atoms with Gasteiger partial charge in [-0.25, -0.2) is 0 Å². The molecule has 0 aliphatic rings. The van der Waals surface area contributed by atoms with Gasteiger partial charge >= 0.3 is 0 Å². The van der Waals surface area contributed by atoms with E-state index in [0.717, 1.165) is 6.42 Å². The first-order chi connectivity index (χ1) is 8.12. The van der Waals surface area contributed by atoms with Gasteiger partial charge in [0.05, 0.1) is 0 Å². The molecule has 0 aromatic carbocycles. The van der Waals surface area contributed by atoms with Gasteiger partial charge in [0.1, 0.15) is 0 Å². The summed E-state index contributed by atoms with van der Waals surface area (Å²) in [7, 11) is 0. The highest BCUT2D eigenvalue weighted by Crippen LogP contribution is 2.30. The highest BCUT2D eigenvalue weighted by Gasteiger charge is 2.16. The normalized spacial score (nSPS) is 12.0. The Morgan fingerprint density at radius 3 is 1.71 bits per heavy atom. The number of hydrogen-bond donors (Lipinski definition) is 0. The third kappa shape index (κ3) is 12.2. The quantitative estimate of drug-likeness (QED) is 0.339. The molecule has 17 heavy (non-hydrogen) atoms. The summed E-state index contributed by atoms with van der Waals surface area (Å²) >= 11 is 0. The Hall–Kier alpha value is 0. The minimum absolute atomic E-state index is 0.575. The van der Waals surface area contributed by atoms with Crippen LogP contribution in [-0.4, -0.2) is 0 Å². The van der Waals surface area contributed by atoms with E-state index in [4.69, 9.17) is 0 Å². The summed E-state index contributed by atoms with van der Waals surface area (Å²) in [5.41, 5.74) is 0.575. The molecule has 0 spiro atoms. The van der Waals surface area contributed by atoms with Crippen LogP contribution in [0, 0.1) is 12.3 Å². The smallest absolute Gasteiger partial charge is 0.0354 e. The molecular formula is C17H35. The van der Waals surface area contributed by atoms with E-state index < -0.39 is 0 Å². The molecule has 0 aliphatic carbocycles. The van der Waals surface area contributed by atoms with E-state index in [0.29, 0.717) is 5.41 Å². The van der Waals surface area contributed by atoms with Gasteiger partial charge in [-0.15, -0.1) is 0 Å². The zero-order valence-electron chi connectivity index (χ0n) is 12.7. The number of unbranched alkanes of at least 4 members (excludes halogenated alkanes) is 8. The van der Waals surface area contributed by atoms with Gasteiger partial charge in [-0.3, -0.25) is 0 Å². The summed E-state index contributed by atoms with van der Waals surface area (Å²) in [6, 6.07) is 0. The molecule has 0 nitrogen and oxygen atoms in total. The largest absolute Gasteiger partial charge is 0.0654 e. The van der Waals surface area contributed by atoms with Crippen LogP contribution in [-0.2, 0) is 0 Å². The molecule has 0 aromatic heterocycles. The Bertz CT molecular complexity index is 146. The van der Waals surface area contributed by atoms with Gasteiger partial charge in [-0.1, -0.05) is 91.9 Å². The number of hydrogen-bond acceptors (Lipinski definition) is 0. The molecule has 0 atom stereocenters. The highest BCUT2D eigenvalue weighted by atomic mass is 14.2. The molecule has 0 fully saturated rings. The molecular weight excluding hydrogens is 204 g/mol. The SMILES string of the molecule is [CH2]CCCCCC(C)(C)CCCCCCCC. The van der Waals surface area contributed by atoms with Gasteiger partial charge in [0.15, 0.2) is 0 Å². The summed E-state index contributed by atoms with van der Waals surface area (Å²) in [6.45, 7) is 11.1. The molecule has 0 rings (SSSR count). The first kappa shape index (κ1) is 17.0. The lowest BCUT2D eigenvalue weighted by molar-refractivity contribution is 0.282. The van der Waals surface area contributed by atoms with Crippen molar-refractivity contribution in [3.05, 3.63) is 6.92 Å². The first-order valence-corrected chi connectivity index (χ1v) is 7.91. The summed E-state index contributed by atoms with van der Waals surface area (Å²) in [5, 5.41) is 0. The molecule has 0 heterocycles. The summed E-state index contributed by atoms with van der Waals surface area (Å²) < 4.78 is 0. The topological polar surface area (TPSA) is 0 Å². The van der Waals surface area contributed by atoms with Gasteiger partial charge < -0.3 is 0 Å². The maximum Gasteiger partial charge on any atom is -0.0354 e. The fourth-order valence-electron chi connectivity index (χ4n) is 2.47. The Labute approximate surface area is 111 Å². The molecule has 0 aromatic rings. The van der Waals surface area contributed by atoms with E-state index in [2.05, 4.69) is 27.7 Å². The van der Waals surface area contributed by atoms with Gasteiger partial charge in [-0.2, -0.15) is 0 Å². The van der Waals surface area contributed by atoms with Crippen molar-refractivity contribution in [3.63, 3.8) is 0 Å². The average Bonchev–Trinajstić information content (AvgIpc) is 2.29. The lowest BCUT2D eigenvalue weighted by Crippen LogP contribution is -2.10. The third-order valence-electron chi connectivity index (χ3n) is 3.81. The van der Waals surface area contributed by atoms with Crippen LogP contribution in [0.3, 0.4) is 0 Å². The third-order valence-corrected chi connectivity index (χ3v) is 3.81. The van der Waals surface area contributed by atoms with E-state index in [1.807, 2.05) is 0 Å². The highest BCUT2D eigenvalue weighted by molar-refractivity contribution is 4.68. The molecule has 1 radical (unpaired) electrons. The molecule has 0 amide bonds. The predicted octanol–water partition coefficient (Wildman–Crippen LogP) is 6.55. The van der Waals surface area contributed by atoms with Crippen molar-refractivity contribution in [1.29, 1.82) is 0 Å². The van der Waals surface area contributed by atoms with Crippen LogP contribution in [0.15, 0.2) is 0 Å². The number of rotatable bonds is 12. The van der Waals surface area contributed by atoms with E-state index in [9.17, 15) is 0 Å². The fraction of sp³-hybridized carbons (Fsp3) is 0.941. The van der Waals surface area contributed by atoms with Crippen molar-refractivity contribution in [2.75, 3.05) is 0 Å². The van der Waals surface area contributed by atoms with Crippen molar-refractivity contribution in [2.45, 2.75) is 97.8 Å². The zero-order valence-corrected chi connectivity index (χ0v) is 12.7. The lowest BCUT2D eigenvalue weighted by Gasteiger charge is -2.24. The second kappa shape index (κ2) is 11.1. The van der Waals surface area contributed by atoms with Crippen LogP contribution in [0.5, 0.6) is 0 Å². The monoisotopic (exact) mass is 239 g/mol. The maximum atomic E-state index is 3.90. The molecule has 0 unspecified atom stereocenters. The Morgan fingerprint density at radius 1 is 0.706 bits per heavy atom. The molecule has 0 heteroatoms. The molecule has 0 saturated carbocycles. The molecule has 103 valence electrons. The van der Waals surface area contributed by atoms with Gasteiger partial charge in [0.25, 0.3) is 0 Å². The fourth-order valence-corrected chi connectivity index (χ4v) is 2.47. The predicted molar refractivity (Wildman–Crippen MR) is 80.2 cm³/mol. The zero-order chi connectivity index (χ0) is 13.0. The van der Waals surface area contributed by atoms with Crippen LogP contribution < -0.4 is 0 Å². The Kier molecular flexibility index (Phi) is 11.1. The molecule has 0 aliphatic heterocycles. The van der Waals surface area contributed by atoms with Crippen LogP contribution >= 0.6 is 0 Å². The Morgan fingerprint density at radius 2 is 1.18 bits per heavy atom. The van der Waals surface area contributed by atoms with E-state index in [1.165, 1.54) is 70.6 Å². The van der Waals surface area contributed by atoms with Crippen LogP contribution in [0.1, 0.15) is 97.8 Å². The van der Waals surface area contributed by atoms with Crippen LogP contribution in [0.2, 0.25) is 0 Å². The van der Waals surface area contributed by atoms with Crippen molar-refractivity contribution in [1.82, 2.24) is 0 Å². The summed E-state index contributed by atoms with van der Waals surface area (Å²) in [6.07, 6.45) is 16.6. The van der Waals surface area contributed by atoms with Gasteiger partial charge in [0, 0.05) is 0 Å². The first-order valence-electron chi connectivity index (χ1n) is 7.91. The second-order valence-corrected chi connectivity index (χ2v) is 6.35. The lowest BCUT2D eigenvalue weighted by atomic mass is 9.82. The maximum absolute atomic E-state index is 3.90. The second-order valence-electron chi connectivity index (χ2n) is 6.35.